The largest absolute Gasteiger partial charge is 0.487 e. The van der Waals surface area contributed by atoms with Gasteiger partial charge in [-0.3, -0.25) is 4.79 Å². The van der Waals surface area contributed by atoms with Crippen molar-refractivity contribution < 1.29 is 33.3 Å². The van der Waals surface area contributed by atoms with E-state index in [1.165, 1.54) is 7.11 Å². The summed E-state index contributed by atoms with van der Waals surface area (Å²) in [4.78, 5) is 43.6. The molecule has 0 saturated carbocycles. The Labute approximate surface area is 293 Å². The molecule has 268 valence electrons. The zero-order valence-electron chi connectivity index (χ0n) is 29.7. The van der Waals surface area contributed by atoms with Crippen molar-refractivity contribution in [2.24, 2.45) is 5.92 Å². The molecule has 13 nitrogen and oxygen atoms in total. The molecule has 0 aliphatic carbocycles. The van der Waals surface area contributed by atoms with Crippen LogP contribution in [0.1, 0.15) is 51.3 Å². The first-order valence-electron chi connectivity index (χ1n) is 17.0. The Bertz CT molecular complexity index is 1720. The topological polar surface area (TPSA) is 153 Å². The average Bonchev–Trinajstić information content (AvgIpc) is 3.92. The highest BCUT2D eigenvalue weighted by atomic mass is 16.6. The average molecular weight is 689 g/mol. The Morgan fingerprint density at radius 1 is 0.860 bits per heavy atom. The number of hydrogen-bond donors (Lipinski definition) is 3. The molecule has 1 saturated heterocycles. The number of ether oxygens (including phenoxy) is 5. The summed E-state index contributed by atoms with van der Waals surface area (Å²) in [6.07, 6.45) is 5.35. The molecule has 3 N–H and O–H groups in total. The molecule has 0 spiro atoms. The molecule has 1 aliphatic rings. The van der Waals surface area contributed by atoms with E-state index in [-0.39, 0.29) is 17.9 Å². The molecule has 2 aromatic carbocycles. The second-order valence-electron chi connectivity index (χ2n) is 12.4. The van der Waals surface area contributed by atoms with E-state index in [1.807, 2.05) is 32.2 Å². The highest BCUT2D eigenvalue weighted by Gasteiger charge is 2.37. The van der Waals surface area contributed by atoms with Crippen LogP contribution in [0.3, 0.4) is 0 Å². The van der Waals surface area contributed by atoms with Gasteiger partial charge in [0.05, 0.1) is 50.1 Å². The molecule has 2 aromatic heterocycles. The van der Waals surface area contributed by atoms with Gasteiger partial charge in [-0.15, -0.1) is 0 Å². The van der Waals surface area contributed by atoms with Crippen molar-refractivity contribution in [1.82, 2.24) is 30.2 Å². The molecular weight excluding hydrogens is 640 g/mol. The molecule has 2 unspecified atom stereocenters. The third-order valence-electron chi connectivity index (χ3n) is 8.78. The molecule has 2 amide bonds. The Balaban J connectivity index is 1.50. The van der Waals surface area contributed by atoms with Crippen LogP contribution < -0.4 is 14.8 Å². The molecule has 50 heavy (non-hydrogen) atoms. The highest BCUT2D eigenvalue weighted by Crippen LogP contribution is 2.45. The van der Waals surface area contributed by atoms with Gasteiger partial charge in [-0.1, -0.05) is 45.0 Å². The van der Waals surface area contributed by atoms with Gasteiger partial charge in [-0.05, 0) is 42.0 Å². The number of carbonyl (C=O) groups is 2. The number of likely N-dealkylation sites (tertiary alicyclic amines) is 1. The van der Waals surface area contributed by atoms with Crippen molar-refractivity contribution in [3.63, 3.8) is 0 Å². The maximum atomic E-state index is 13.7. The smallest absolute Gasteiger partial charge is 0.407 e. The van der Waals surface area contributed by atoms with Crippen molar-refractivity contribution in [3.05, 3.63) is 60.4 Å². The van der Waals surface area contributed by atoms with Crippen molar-refractivity contribution >= 4 is 12.0 Å². The SMILES string of the molecule is CCc1ncc(-c2ccc(-c3ccc(-c4cnc(C5CCCN5C(=O)C(NC(=O)OC)C(C)C)[nH]4)c(OCCOC)c3OCCOC)cc2)[nH]1. The Morgan fingerprint density at radius 2 is 1.50 bits per heavy atom. The number of nitrogens with zero attached hydrogens (tertiary/aromatic N) is 3. The number of methoxy groups -OCH3 is 3. The van der Waals surface area contributed by atoms with E-state index in [1.54, 1.807) is 25.3 Å². The van der Waals surface area contributed by atoms with Crippen LogP contribution in [0.25, 0.3) is 33.6 Å². The first-order valence-corrected chi connectivity index (χ1v) is 17.0. The zero-order valence-corrected chi connectivity index (χ0v) is 29.7. The number of hydrogen-bond acceptors (Lipinski definition) is 9. The summed E-state index contributed by atoms with van der Waals surface area (Å²) in [6, 6.07) is 11.2. The van der Waals surface area contributed by atoms with Crippen LogP contribution in [-0.2, 0) is 25.4 Å². The molecule has 13 heteroatoms. The van der Waals surface area contributed by atoms with Gasteiger partial charge in [0.1, 0.15) is 30.9 Å². The summed E-state index contributed by atoms with van der Waals surface area (Å²) in [5, 5.41) is 2.70. The summed E-state index contributed by atoms with van der Waals surface area (Å²) >= 11 is 0. The summed E-state index contributed by atoms with van der Waals surface area (Å²) < 4.78 is 28.2. The van der Waals surface area contributed by atoms with E-state index >= 15 is 0 Å². The van der Waals surface area contributed by atoms with Crippen LogP contribution in [0, 0.1) is 5.92 Å². The van der Waals surface area contributed by atoms with Gasteiger partial charge in [0.2, 0.25) is 5.91 Å². The molecule has 1 aliphatic heterocycles. The predicted octanol–water partition coefficient (Wildman–Crippen LogP) is 5.79. The molecule has 0 radical (unpaired) electrons. The molecule has 1 fully saturated rings. The molecule has 3 heterocycles. The Hall–Kier alpha value is -4.88. The van der Waals surface area contributed by atoms with Crippen molar-refractivity contribution in [1.29, 1.82) is 0 Å². The first kappa shape index (κ1) is 36.4. The van der Waals surface area contributed by atoms with E-state index in [0.717, 1.165) is 53.0 Å². The van der Waals surface area contributed by atoms with Gasteiger partial charge >= 0.3 is 6.09 Å². The summed E-state index contributed by atoms with van der Waals surface area (Å²) in [6.45, 7) is 7.78. The third kappa shape index (κ3) is 8.28. The summed E-state index contributed by atoms with van der Waals surface area (Å²) in [5.41, 5.74) is 5.25. The van der Waals surface area contributed by atoms with Gasteiger partial charge in [-0.25, -0.2) is 14.8 Å². The minimum absolute atomic E-state index is 0.132. The fraction of sp³-hybridized carbons (Fsp3) is 0.459. The zero-order chi connectivity index (χ0) is 35.6. The molecule has 0 bridgehead atoms. The molecule has 4 aromatic rings. The number of carbonyl (C=O) groups excluding carboxylic acids is 2. The summed E-state index contributed by atoms with van der Waals surface area (Å²) in [7, 11) is 4.54. The first-order chi connectivity index (χ1) is 24.3. The van der Waals surface area contributed by atoms with Crippen LogP contribution in [-0.4, -0.2) is 97.2 Å². The standard InChI is InChI=1S/C37H48N6O7/c1-7-31-38-21-28(40-31)25-12-10-24(11-13-25)26-14-15-27(34(50-20-18-47-5)33(26)49-19-17-46-4)29-22-39-35(41-29)30-9-8-16-43(30)36(44)32(23(2)3)42-37(45)48-6/h10-15,21-23,30,32H,7-9,16-20H2,1-6H3,(H,38,40)(H,39,41)(H,42,45). The van der Waals surface area contributed by atoms with Gasteiger partial charge in [0.25, 0.3) is 0 Å². The van der Waals surface area contributed by atoms with Crippen LogP contribution >= 0.6 is 0 Å². The van der Waals surface area contributed by atoms with E-state index in [4.69, 9.17) is 28.7 Å². The minimum Gasteiger partial charge on any atom is -0.487 e. The second-order valence-corrected chi connectivity index (χ2v) is 12.4. The number of aryl methyl sites for hydroxylation is 1. The molecule has 2 atom stereocenters. The fourth-order valence-corrected chi connectivity index (χ4v) is 6.10. The second kappa shape index (κ2) is 17.2. The monoisotopic (exact) mass is 688 g/mol. The third-order valence-corrected chi connectivity index (χ3v) is 8.78. The molecular formula is C37H48N6O7. The van der Waals surface area contributed by atoms with Gasteiger partial charge in [-0.2, -0.15) is 0 Å². The van der Waals surface area contributed by atoms with Gasteiger partial charge in [0.15, 0.2) is 11.5 Å². The Kier molecular flexibility index (Phi) is 12.5. The maximum Gasteiger partial charge on any atom is 0.407 e. The highest BCUT2D eigenvalue weighted by molar-refractivity contribution is 5.86. The van der Waals surface area contributed by atoms with Crippen LogP contribution in [0.2, 0.25) is 0 Å². The van der Waals surface area contributed by atoms with E-state index in [2.05, 4.69) is 51.5 Å². The van der Waals surface area contributed by atoms with E-state index in [9.17, 15) is 9.59 Å². The van der Waals surface area contributed by atoms with Crippen LogP contribution in [0.5, 0.6) is 11.5 Å². The van der Waals surface area contributed by atoms with Gasteiger partial charge in [0, 0.05) is 38.3 Å². The number of aromatic amines is 2. The lowest BCUT2D eigenvalue weighted by molar-refractivity contribution is -0.135. The quantitative estimate of drug-likeness (QED) is 0.124. The Morgan fingerprint density at radius 3 is 2.12 bits per heavy atom. The number of amides is 2. The predicted molar refractivity (Wildman–Crippen MR) is 189 cm³/mol. The van der Waals surface area contributed by atoms with E-state index < -0.39 is 12.1 Å². The normalized spacial score (nSPS) is 14.9. The lowest BCUT2D eigenvalue weighted by Gasteiger charge is -2.30. The lowest BCUT2D eigenvalue weighted by Crippen LogP contribution is -2.51. The lowest BCUT2D eigenvalue weighted by atomic mass is 9.98. The number of alkyl carbamates (subject to hydrolysis) is 1. The van der Waals surface area contributed by atoms with Crippen LogP contribution in [0.4, 0.5) is 4.79 Å². The van der Waals surface area contributed by atoms with E-state index in [0.29, 0.717) is 56.0 Å². The summed E-state index contributed by atoms with van der Waals surface area (Å²) in [5.74, 6) is 2.40. The fourth-order valence-electron chi connectivity index (χ4n) is 6.10. The van der Waals surface area contributed by atoms with Crippen molar-refractivity contribution in [2.45, 2.75) is 52.1 Å². The number of rotatable bonds is 16. The van der Waals surface area contributed by atoms with Crippen LogP contribution in [0.15, 0.2) is 48.8 Å². The number of H-pyrrole nitrogens is 2. The number of aromatic nitrogens is 4. The number of nitrogens with one attached hydrogen (secondary N) is 3. The van der Waals surface area contributed by atoms with Crippen molar-refractivity contribution in [3.8, 4) is 45.1 Å². The van der Waals surface area contributed by atoms with Gasteiger partial charge < -0.3 is 43.9 Å². The minimum atomic E-state index is -0.722. The molecule has 5 rings (SSSR count). The maximum absolute atomic E-state index is 13.7. The number of benzene rings is 2. The van der Waals surface area contributed by atoms with Crippen molar-refractivity contribution in [2.75, 3.05) is 54.3 Å². The number of imidazole rings is 2.